The van der Waals surface area contributed by atoms with Crippen molar-refractivity contribution in [2.75, 3.05) is 6.54 Å². The number of oxazole rings is 1. The summed E-state index contributed by atoms with van der Waals surface area (Å²) < 4.78 is 7.30. The van der Waals surface area contributed by atoms with Crippen LogP contribution < -0.4 is 5.56 Å². The SMILES string of the molecule is Cc1cnc(CN2CCCC2c2nc3ccccc3c(=O)n2C)o1. The molecule has 6 nitrogen and oxygen atoms in total. The molecule has 0 N–H and O–H groups in total. The van der Waals surface area contributed by atoms with E-state index in [0.717, 1.165) is 36.5 Å². The van der Waals surface area contributed by atoms with E-state index >= 15 is 0 Å². The maximum absolute atomic E-state index is 12.6. The first-order chi connectivity index (χ1) is 11.6. The van der Waals surface area contributed by atoms with Gasteiger partial charge in [0.2, 0.25) is 5.89 Å². The molecule has 0 saturated carbocycles. The van der Waals surface area contributed by atoms with Crippen LogP contribution in [0, 0.1) is 6.92 Å². The zero-order valence-electron chi connectivity index (χ0n) is 13.9. The van der Waals surface area contributed by atoms with Crippen molar-refractivity contribution in [1.29, 1.82) is 0 Å². The van der Waals surface area contributed by atoms with Gasteiger partial charge in [0.05, 0.1) is 29.7 Å². The van der Waals surface area contributed by atoms with E-state index in [1.165, 1.54) is 0 Å². The Kier molecular flexibility index (Phi) is 3.69. The lowest BCUT2D eigenvalue weighted by Crippen LogP contribution is -2.30. The fourth-order valence-corrected chi connectivity index (χ4v) is 3.49. The third kappa shape index (κ3) is 2.53. The highest BCUT2D eigenvalue weighted by Crippen LogP contribution is 2.32. The van der Waals surface area contributed by atoms with Gasteiger partial charge in [0.1, 0.15) is 11.6 Å². The van der Waals surface area contributed by atoms with Gasteiger partial charge in [0.15, 0.2) is 0 Å². The van der Waals surface area contributed by atoms with Gasteiger partial charge >= 0.3 is 0 Å². The van der Waals surface area contributed by atoms with Crippen molar-refractivity contribution in [2.45, 2.75) is 32.4 Å². The largest absolute Gasteiger partial charge is 0.445 e. The monoisotopic (exact) mass is 324 g/mol. The first-order valence-corrected chi connectivity index (χ1v) is 8.24. The summed E-state index contributed by atoms with van der Waals surface area (Å²) in [6.45, 7) is 3.49. The Labute approximate surface area is 139 Å². The minimum absolute atomic E-state index is 0.00872. The van der Waals surface area contributed by atoms with Crippen molar-refractivity contribution in [3.63, 3.8) is 0 Å². The Balaban J connectivity index is 1.73. The molecule has 3 heterocycles. The summed E-state index contributed by atoms with van der Waals surface area (Å²) in [6, 6.07) is 7.63. The lowest BCUT2D eigenvalue weighted by molar-refractivity contribution is 0.211. The van der Waals surface area contributed by atoms with Crippen molar-refractivity contribution in [3.8, 4) is 0 Å². The van der Waals surface area contributed by atoms with Crippen LogP contribution in [0.1, 0.15) is 36.4 Å². The molecule has 0 spiro atoms. The number of hydrogen-bond donors (Lipinski definition) is 0. The average Bonchev–Trinajstić information content (AvgIpc) is 3.20. The van der Waals surface area contributed by atoms with E-state index in [2.05, 4.69) is 9.88 Å². The average molecular weight is 324 g/mol. The lowest BCUT2D eigenvalue weighted by Gasteiger charge is -2.24. The minimum atomic E-state index is 0.00872. The van der Waals surface area contributed by atoms with Crippen LogP contribution in [0.5, 0.6) is 0 Å². The van der Waals surface area contributed by atoms with Crippen LogP contribution in [-0.4, -0.2) is 26.0 Å². The van der Waals surface area contributed by atoms with Gasteiger partial charge in [-0.2, -0.15) is 0 Å². The maximum atomic E-state index is 12.6. The number of likely N-dealkylation sites (tertiary alicyclic amines) is 1. The second kappa shape index (κ2) is 5.87. The van der Waals surface area contributed by atoms with Crippen molar-refractivity contribution in [2.24, 2.45) is 7.05 Å². The summed E-state index contributed by atoms with van der Waals surface area (Å²) >= 11 is 0. The molecule has 124 valence electrons. The van der Waals surface area contributed by atoms with Crippen molar-refractivity contribution in [3.05, 3.63) is 58.3 Å². The van der Waals surface area contributed by atoms with E-state index in [0.29, 0.717) is 17.8 Å². The number of para-hydroxylation sites is 1. The van der Waals surface area contributed by atoms with Gasteiger partial charge in [-0.15, -0.1) is 0 Å². The molecular weight excluding hydrogens is 304 g/mol. The van der Waals surface area contributed by atoms with E-state index < -0.39 is 0 Å². The van der Waals surface area contributed by atoms with Crippen molar-refractivity contribution < 1.29 is 4.42 Å². The summed E-state index contributed by atoms with van der Waals surface area (Å²) in [5.41, 5.74) is 0.767. The van der Waals surface area contributed by atoms with E-state index in [-0.39, 0.29) is 11.6 Å². The van der Waals surface area contributed by atoms with E-state index in [1.54, 1.807) is 10.8 Å². The number of hydrogen-bond acceptors (Lipinski definition) is 5. The second-order valence-corrected chi connectivity index (χ2v) is 6.34. The molecule has 6 heteroatoms. The van der Waals surface area contributed by atoms with Gasteiger partial charge in [-0.1, -0.05) is 12.1 Å². The fraction of sp³-hybridized carbons (Fsp3) is 0.389. The topological polar surface area (TPSA) is 64.2 Å². The highest BCUT2D eigenvalue weighted by Gasteiger charge is 2.30. The molecule has 3 aromatic rings. The Bertz CT molecular complexity index is 944. The van der Waals surface area contributed by atoms with Crippen LogP contribution in [0.3, 0.4) is 0 Å². The third-order valence-electron chi connectivity index (χ3n) is 4.69. The minimum Gasteiger partial charge on any atom is -0.445 e. The van der Waals surface area contributed by atoms with Gasteiger partial charge in [0, 0.05) is 7.05 Å². The number of rotatable bonds is 3. The lowest BCUT2D eigenvalue weighted by atomic mass is 10.1. The smallest absolute Gasteiger partial charge is 0.261 e. The van der Waals surface area contributed by atoms with Crippen LogP contribution in [0.25, 0.3) is 10.9 Å². The Morgan fingerprint density at radius 2 is 2.17 bits per heavy atom. The van der Waals surface area contributed by atoms with Crippen LogP contribution in [-0.2, 0) is 13.6 Å². The fourth-order valence-electron chi connectivity index (χ4n) is 3.49. The highest BCUT2D eigenvalue weighted by molar-refractivity contribution is 5.77. The van der Waals surface area contributed by atoms with E-state index in [9.17, 15) is 4.79 Å². The molecule has 1 aliphatic heterocycles. The van der Waals surface area contributed by atoms with Gasteiger partial charge < -0.3 is 4.42 Å². The van der Waals surface area contributed by atoms with Gasteiger partial charge in [0.25, 0.3) is 5.56 Å². The third-order valence-corrected chi connectivity index (χ3v) is 4.69. The molecule has 2 aromatic heterocycles. The van der Waals surface area contributed by atoms with Crippen molar-refractivity contribution in [1.82, 2.24) is 19.4 Å². The molecule has 1 saturated heterocycles. The van der Waals surface area contributed by atoms with Gasteiger partial charge in [-0.25, -0.2) is 9.97 Å². The molecule has 1 atom stereocenters. The number of fused-ring (bicyclic) bond motifs is 1. The molecule has 24 heavy (non-hydrogen) atoms. The summed E-state index contributed by atoms with van der Waals surface area (Å²) in [5.74, 6) is 2.35. The number of aromatic nitrogens is 3. The zero-order valence-corrected chi connectivity index (χ0v) is 13.9. The number of nitrogens with zero attached hydrogens (tertiary/aromatic N) is 4. The molecule has 1 fully saturated rings. The van der Waals surface area contributed by atoms with Crippen LogP contribution in [0.15, 0.2) is 39.7 Å². The predicted molar refractivity (Wildman–Crippen MR) is 90.6 cm³/mol. The summed E-state index contributed by atoms with van der Waals surface area (Å²) in [5, 5.41) is 0.664. The molecule has 1 aromatic carbocycles. The Morgan fingerprint density at radius 1 is 1.33 bits per heavy atom. The molecule has 4 rings (SSSR count). The van der Waals surface area contributed by atoms with Gasteiger partial charge in [-0.3, -0.25) is 14.3 Å². The molecule has 0 bridgehead atoms. The molecule has 1 aliphatic rings. The molecule has 0 amide bonds. The second-order valence-electron chi connectivity index (χ2n) is 6.34. The maximum Gasteiger partial charge on any atom is 0.261 e. The number of aryl methyl sites for hydroxylation is 1. The quantitative estimate of drug-likeness (QED) is 0.741. The molecule has 1 unspecified atom stereocenters. The number of benzene rings is 1. The summed E-state index contributed by atoms with van der Waals surface area (Å²) in [6.07, 6.45) is 3.80. The van der Waals surface area contributed by atoms with Crippen molar-refractivity contribution >= 4 is 10.9 Å². The Morgan fingerprint density at radius 3 is 2.96 bits per heavy atom. The van der Waals surface area contributed by atoms with Gasteiger partial charge in [-0.05, 0) is 38.4 Å². The first kappa shape index (κ1) is 15.1. The van der Waals surface area contributed by atoms with E-state index in [4.69, 9.17) is 9.40 Å². The highest BCUT2D eigenvalue weighted by atomic mass is 16.4. The molecular formula is C18H20N4O2. The first-order valence-electron chi connectivity index (χ1n) is 8.24. The van der Waals surface area contributed by atoms with Crippen LogP contribution in [0.4, 0.5) is 0 Å². The Hall–Kier alpha value is -2.47. The summed E-state index contributed by atoms with van der Waals surface area (Å²) in [4.78, 5) is 24.0. The van der Waals surface area contributed by atoms with Crippen LogP contribution in [0.2, 0.25) is 0 Å². The zero-order chi connectivity index (χ0) is 16.7. The van der Waals surface area contributed by atoms with Crippen LogP contribution >= 0.6 is 0 Å². The summed E-state index contributed by atoms with van der Waals surface area (Å²) in [7, 11) is 1.81. The standard InChI is InChI=1S/C18H20N4O2/c1-12-10-19-16(24-12)11-22-9-5-8-15(22)17-20-14-7-4-3-6-13(14)18(23)21(17)2/h3-4,6-7,10,15H,5,8-9,11H2,1-2H3. The molecule has 0 aliphatic carbocycles. The predicted octanol–water partition coefficient (Wildman–Crippen LogP) is 2.57. The van der Waals surface area contributed by atoms with E-state index in [1.807, 2.05) is 38.2 Å². The normalized spacial score (nSPS) is 18.5. The molecule has 0 radical (unpaired) electrons.